The summed E-state index contributed by atoms with van der Waals surface area (Å²) >= 11 is 6.19. The number of benzene rings is 2. The topological polar surface area (TPSA) is 84.9 Å². The van der Waals surface area contributed by atoms with Gasteiger partial charge in [-0.1, -0.05) is 42.6 Å². The number of anilines is 1. The van der Waals surface area contributed by atoms with Gasteiger partial charge in [0.1, 0.15) is 6.61 Å². The zero-order valence-electron chi connectivity index (χ0n) is 18.6. The maximum absolute atomic E-state index is 12.9. The molecule has 1 aliphatic rings. The highest BCUT2D eigenvalue weighted by atomic mass is 35.5. The Bertz CT molecular complexity index is 1060. The third-order valence-electron chi connectivity index (χ3n) is 5.27. The molecule has 2 aromatic carbocycles. The van der Waals surface area contributed by atoms with Crippen molar-refractivity contribution in [3.8, 4) is 5.75 Å². The van der Waals surface area contributed by atoms with E-state index in [-0.39, 0.29) is 10.8 Å². The van der Waals surface area contributed by atoms with Crippen LogP contribution in [0.2, 0.25) is 5.02 Å². The lowest BCUT2D eigenvalue weighted by molar-refractivity contribution is -0.111. The van der Waals surface area contributed by atoms with Crippen molar-refractivity contribution >= 4 is 39.3 Å². The maximum atomic E-state index is 12.9. The van der Waals surface area contributed by atoms with E-state index in [0.717, 1.165) is 25.7 Å². The number of nitrogens with zero attached hydrogens (tertiary/aromatic N) is 1. The summed E-state index contributed by atoms with van der Waals surface area (Å²) in [5.41, 5.74) is 1.16. The summed E-state index contributed by atoms with van der Waals surface area (Å²) in [6.07, 6.45) is 6.90. The number of ether oxygens (including phenoxy) is 2. The number of hydrogen-bond donors (Lipinski definition) is 1. The Labute approximate surface area is 200 Å². The summed E-state index contributed by atoms with van der Waals surface area (Å²) in [5, 5.41) is 3.14. The monoisotopic (exact) mass is 492 g/mol. The second-order valence-corrected chi connectivity index (χ2v) is 10.0. The van der Waals surface area contributed by atoms with Crippen molar-refractivity contribution in [2.24, 2.45) is 0 Å². The maximum Gasteiger partial charge on any atom is 0.248 e. The summed E-state index contributed by atoms with van der Waals surface area (Å²) in [6.45, 7) is 1.81. The molecule has 0 spiro atoms. The molecule has 1 aliphatic heterocycles. The predicted molar refractivity (Wildman–Crippen MR) is 130 cm³/mol. The average molecular weight is 493 g/mol. The van der Waals surface area contributed by atoms with Crippen molar-refractivity contribution in [3.05, 3.63) is 59.1 Å². The molecule has 1 N–H and O–H groups in total. The van der Waals surface area contributed by atoms with E-state index in [1.54, 1.807) is 60.0 Å². The minimum atomic E-state index is -3.50. The van der Waals surface area contributed by atoms with E-state index in [1.165, 1.54) is 6.08 Å². The third-order valence-corrected chi connectivity index (χ3v) is 7.48. The van der Waals surface area contributed by atoms with E-state index in [0.29, 0.717) is 48.3 Å². The van der Waals surface area contributed by atoms with Crippen molar-refractivity contribution < 1.29 is 22.7 Å². The van der Waals surface area contributed by atoms with E-state index >= 15 is 0 Å². The summed E-state index contributed by atoms with van der Waals surface area (Å²) < 4.78 is 37.9. The Balaban J connectivity index is 1.65. The number of methoxy groups -OCH3 is 1. The van der Waals surface area contributed by atoms with Gasteiger partial charge in [0.2, 0.25) is 15.9 Å². The molecule has 1 saturated heterocycles. The van der Waals surface area contributed by atoms with Crippen LogP contribution in [0.3, 0.4) is 0 Å². The molecule has 0 atom stereocenters. The SMILES string of the molecule is COCCOc1c(Cl)cccc1NC(=O)/C=C/c1ccc(S(=O)(=O)N2CCCCCC2)cc1. The fraction of sp³-hybridized carbons (Fsp3) is 0.375. The Morgan fingerprint density at radius 3 is 2.42 bits per heavy atom. The van der Waals surface area contributed by atoms with Crippen molar-refractivity contribution in [2.45, 2.75) is 30.6 Å². The Hall–Kier alpha value is -2.39. The Morgan fingerprint density at radius 1 is 1.06 bits per heavy atom. The molecule has 0 aliphatic carbocycles. The number of rotatable bonds is 9. The molecule has 3 rings (SSSR count). The second-order valence-electron chi connectivity index (χ2n) is 7.67. The highest BCUT2D eigenvalue weighted by molar-refractivity contribution is 7.89. The highest BCUT2D eigenvalue weighted by Gasteiger charge is 2.24. The molecule has 9 heteroatoms. The first-order valence-corrected chi connectivity index (χ1v) is 12.7. The molecule has 0 bridgehead atoms. The van der Waals surface area contributed by atoms with E-state index < -0.39 is 10.0 Å². The average Bonchev–Trinajstić information content (AvgIpc) is 3.10. The van der Waals surface area contributed by atoms with Crippen molar-refractivity contribution in [1.29, 1.82) is 0 Å². The van der Waals surface area contributed by atoms with Crippen LogP contribution in [0.5, 0.6) is 5.75 Å². The van der Waals surface area contributed by atoms with Crippen LogP contribution in [0.25, 0.3) is 6.08 Å². The first-order chi connectivity index (χ1) is 15.9. The fourth-order valence-electron chi connectivity index (χ4n) is 3.51. The number of carbonyl (C=O) groups is 1. The second kappa shape index (κ2) is 12.2. The lowest BCUT2D eigenvalue weighted by Crippen LogP contribution is -2.31. The number of carbonyl (C=O) groups excluding carboxylic acids is 1. The first kappa shape index (κ1) is 25.2. The van der Waals surface area contributed by atoms with Crippen molar-refractivity contribution in [3.63, 3.8) is 0 Å². The van der Waals surface area contributed by atoms with Gasteiger partial charge in [-0.25, -0.2) is 8.42 Å². The quantitative estimate of drug-likeness (QED) is 0.409. The van der Waals surface area contributed by atoms with Gasteiger partial charge in [-0.3, -0.25) is 4.79 Å². The van der Waals surface area contributed by atoms with Crippen LogP contribution in [0.1, 0.15) is 31.2 Å². The molecule has 0 radical (unpaired) electrons. The van der Waals surface area contributed by atoms with Gasteiger partial charge in [-0.15, -0.1) is 0 Å². The molecule has 2 aromatic rings. The van der Waals surface area contributed by atoms with Gasteiger partial charge in [-0.05, 0) is 48.7 Å². The third kappa shape index (κ3) is 7.04. The van der Waals surface area contributed by atoms with Crippen LogP contribution in [0, 0.1) is 0 Å². The summed E-state index contributed by atoms with van der Waals surface area (Å²) in [4.78, 5) is 12.7. The summed E-state index contributed by atoms with van der Waals surface area (Å²) in [5.74, 6) is 0.0103. The zero-order valence-corrected chi connectivity index (χ0v) is 20.2. The van der Waals surface area contributed by atoms with Crippen LogP contribution < -0.4 is 10.1 Å². The number of nitrogens with one attached hydrogen (secondary N) is 1. The number of sulfonamides is 1. The van der Waals surface area contributed by atoms with Gasteiger partial charge >= 0.3 is 0 Å². The number of hydrogen-bond acceptors (Lipinski definition) is 5. The van der Waals surface area contributed by atoms with Crippen LogP contribution in [-0.4, -0.2) is 52.0 Å². The summed E-state index contributed by atoms with van der Waals surface area (Å²) in [6, 6.07) is 11.6. The van der Waals surface area contributed by atoms with Crippen LogP contribution in [-0.2, 0) is 19.6 Å². The molecule has 0 aromatic heterocycles. The van der Waals surface area contributed by atoms with E-state index in [2.05, 4.69) is 5.32 Å². The number of para-hydroxylation sites is 1. The Morgan fingerprint density at radius 2 is 1.76 bits per heavy atom. The minimum absolute atomic E-state index is 0.266. The number of amides is 1. The summed E-state index contributed by atoms with van der Waals surface area (Å²) in [7, 11) is -1.93. The molecule has 1 amide bonds. The van der Waals surface area contributed by atoms with E-state index in [1.807, 2.05) is 0 Å². The molecule has 7 nitrogen and oxygen atoms in total. The molecule has 0 unspecified atom stereocenters. The van der Waals surface area contributed by atoms with Crippen LogP contribution in [0.4, 0.5) is 5.69 Å². The van der Waals surface area contributed by atoms with Gasteiger partial charge in [0.25, 0.3) is 0 Å². The standard InChI is InChI=1S/C24H29ClN2O5S/c1-31-17-18-32-24-21(25)7-6-8-22(24)26-23(28)14-11-19-9-12-20(13-10-19)33(29,30)27-15-4-2-3-5-16-27/h6-14H,2-5,15-18H2,1H3,(H,26,28)/b14-11+. The molecule has 1 fully saturated rings. The Kier molecular flexibility index (Phi) is 9.31. The highest BCUT2D eigenvalue weighted by Crippen LogP contribution is 2.33. The fourth-order valence-corrected chi connectivity index (χ4v) is 5.26. The largest absolute Gasteiger partial charge is 0.487 e. The lowest BCUT2D eigenvalue weighted by atomic mass is 10.2. The lowest BCUT2D eigenvalue weighted by Gasteiger charge is -2.19. The molecular weight excluding hydrogens is 464 g/mol. The van der Waals surface area contributed by atoms with Gasteiger partial charge in [0.15, 0.2) is 5.75 Å². The van der Waals surface area contributed by atoms with Crippen LogP contribution >= 0.6 is 11.6 Å². The van der Waals surface area contributed by atoms with Gasteiger partial charge in [0, 0.05) is 26.3 Å². The normalized spacial score (nSPS) is 15.3. The smallest absolute Gasteiger partial charge is 0.248 e. The number of halogens is 1. The molecule has 0 saturated carbocycles. The van der Waals surface area contributed by atoms with Gasteiger partial charge < -0.3 is 14.8 Å². The van der Waals surface area contributed by atoms with Crippen LogP contribution in [0.15, 0.2) is 53.4 Å². The molecular formula is C24H29ClN2O5S. The van der Waals surface area contributed by atoms with Gasteiger partial charge in [0.05, 0.1) is 22.2 Å². The van der Waals surface area contributed by atoms with E-state index in [4.69, 9.17) is 21.1 Å². The predicted octanol–water partition coefficient (Wildman–Crippen LogP) is 4.58. The van der Waals surface area contributed by atoms with Gasteiger partial charge in [-0.2, -0.15) is 4.31 Å². The molecule has 1 heterocycles. The first-order valence-electron chi connectivity index (χ1n) is 10.9. The molecule has 178 valence electrons. The molecule has 33 heavy (non-hydrogen) atoms. The van der Waals surface area contributed by atoms with E-state index in [9.17, 15) is 13.2 Å². The minimum Gasteiger partial charge on any atom is -0.487 e. The van der Waals surface area contributed by atoms with Crippen molar-refractivity contribution in [1.82, 2.24) is 4.31 Å². The van der Waals surface area contributed by atoms with Crippen molar-refractivity contribution in [2.75, 3.05) is 38.7 Å². The zero-order chi connectivity index (χ0) is 23.7.